The van der Waals surface area contributed by atoms with Gasteiger partial charge in [0.15, 0.2) is 0 Å². The lowest BCUT2D eigenvalue weighted by atomic mass is 9.66. The largest absolute Gasteiger partial charge is 0.457 e. The molecule has 15 rings (SSSR count). The lowest BCUT2D eigenvalue weighted by Gasteiger charge is -2.39. The fourth-order valence-corrected chi connectivity index (χ4v) is 12.5. The molecule has 3 aliphatic rings. The van der Waals surface area contributed by atoms with Gasteiger partial charge in [-0.05, 0) is 103 Å². The number of anilines is 3. The van der Waals surface area contributed by atoms with E-state index in [0.29, 0.717) is 0 Å². The molecule has 0 saturated heterocycles. The van der Waals surface area contributed by atoms with Crippen molar-refractivity contribution >= 4 is 72.4 Å². The number of ether oxygens (including phenoxy) is 1. The van der Waals surface area contributed by atoms with Crippen molar-refractivity contribution in [3.05, 3.63) is 235 Å². The molecule has 1 aliphatic carbocycles. The van der Waals surface area contributed by atoms with Gasteiger partial charge in [-0.2, -0.15) is 0 Å². The number of fused-ring (bicyclic) bond motifs is 17. The predicted molar refractivity (Wildman–Crippen MR) is 267 cm³/mol. The third kappa shape index (κ3) is 4.71. The zero-order chi connectivity index (χ0) is 43.1. The molecule has 1 unspecified atom stereocenters. The molecule has 1 atom stereocenters. The SMILES string of the molecule is c1ccc2c(c1)Oc1ccc(-n3c4ccccc4c4cc(N5c6ccccc6Sc6ccccc65)ccc43)cc1C21c2cccnc2-c2ncc(-n3c4ccccc4c4ccccc43)cc21. The predicted octanol–water partition coefficient (Wildman–Crippen LogP) is 15.1. The number of hydrogen-bond acceptors (Lipinski definition) is 5. The molecule has 66 heavy (non-hydrogen) atoms. The van der Waals surface area contributed by atoms with Crippen LogP contribution in [0.5, 0.6) is 11.5 Å². The molecule has 6 heterocycles. The first-order valence-electron chi connectivity index (χ1n) is 22.3. The van der Waals surface area contributed by atoms with Gasteiger partial charge in [-0.15, -0.1) is 0 Å². The second-order valence-electron chi connectivity index (χ2n) is 17.3. The van der Waals surface area contributed by atoms with Crippen LogP contribution in [0.1, 0.15) is 22.3 Å². The topological polar surface area (TPSA) is 48.1 Å². The van der Waals surface area contributed by atoms with Crippen molar-refractivity contribution in [3.63, 3.8) is 0 Å². The van der Waals surface area contributed by atoms with Crippen LogP contribution in [-0.4, -0.2) is 19.1 Å². The van der Waals surface area contributed by atoms with Crippen molar-refractivity contribution in [2.24, 2.45) is 0 Å². The minimum atomic E-state index is -0.792. The fourth-order valence-electron chi connectivity index (χ4n) is 11.4. The Hall–Kier alpha value is -8.39. The number of nitrogens with zero attached hydrogens (tertiary/aromatic N) is 5. The molecular formula is C59H35N5OS. The Morgan fingerprint density at radius 3 is 1.68 bits per heavy atom. The van der Waals surface area contributed by atoms with Crippen molar-refractivity contribution in [1.29, 1.82) is 0 Å². The molecule has 0 saturated carbocycles. The van der Waals surface area contributed by atoms with Crippen molar-refractivity contribution in [2.75, 3.05) is 4.90 Å². The molecule has 7 heteroatoms. The van der Waals surface area contributed by atoms with Crippen LogP contribution >= 0.6 is 11.8 Å². The van der Waals surface area contributed by atoms with Crippen LogP contribution in [0.15, 0.2) is 222 Å². The summed E-state index contributed by atoms with van der Waals surface area (Å²) in [6.45, 7) is 0. The van der Waals surface area contributed by atoms with Crippen molar-refractivity contribution < 1.29 is 4.74 Å². The molecule has 8 aromatic carbocycles. The molecule has 12 aromatic rings. The lowest BCUT2D eigenvalue weighted by Crippen LogP contribution is -2.32. The van der Waals surface area contributed by atoms with Crippen LogP contribution < -0.4 is 9.64 Å². The molecule has 308 valence electrons. The van der Waals surface area contributed by atoms with Gasteiger partial charge in [-0.1, -0.05) is 115 Å². The van der Waals surface area contributed by atoms with Crippen LogP contribution in [0.3, 0.4) is 0 Å². The Balaban J connectivity index is 0.978. The highest BCUT2D eigenvalue weighted by atomic mass is 32.2. The van der Waals surface area contributed by atoms with Crippen LogP contribution in [0.2, 0.25) is 0 Å². The van der Waals surface area contributed by atoms with Gasteiger partial charge < -0.3 is 18.8 Å². The zero-order valence-corrected chi connectivity index (χ0v) is 36.1. The van der Waals surface area contributed by atoms with Crippen LogP contribution in [0, 0.1) is 0 Å². The van der Waals surface area contributed by atoms with E-state index in [-0.39, 0.29) is 0 Å². The van der Waals surface area contributed by atoms with Gasteiger partial charge in [0.1, 0.15) is 11.5 Å². The van der Waals surface area contributed by atoms with E-state index in [1.54, 1.807) is 0 Å². The highest BCUT2D eigenvalue weighted by Crippen LogP contribution is 2.62. The number of para-hydroxylation sites is 6. The van der Waals surface area contributed by atoms with E-state index in [1.165, 1.54) is 42.7 Å². The van der Waals surface area contributed by atoms with E-state index >= 15 is 0 Å². The highest BCUT2D eigenvalue weighted by molar-refractivity contribution is 7.99. The minimum Gasteiger partial charge on any atom is -0.457 e. The summed E-state index contributed by atoms with van der Waals surface area (Å²) in [6, 6.07) is 72.3. The highest BCUT2D eigenvalue weighted by Gasteiger charge is 2.53. The van der Waals surface area contributed by atoms with Gasteiger partial charge in [0.2, 0.25) is 0 Å². The Morgan fingerprint density at radius 2 is 0.939 bits per heavy atom. The van der Waals surface area contributed by atoms with Gasteiger partial charge in [-0.25, -0.2) is 0 Å². The molecule has 6 nitrogen and oxygen atoms in total. The molecule has 0 radical (unpaired) electrons. The summed E-state index contributed by atoms with van der Waals surface area (Å²) in [5.74, 6) is 1.64. The number of rotatable bonds is 3. The van der Waals surface area contributed by atoms with E-state index in [1.807, 2.05) is 24.2 Å². The van der Waals surface area contributed by atoms with Crippen molar-refractivity contribution in [3.8, 4) is 34.3 Å². The van der Waals surface area contributed by atoms with Crippen LogP contribution in [0.25, 0.3) is 66.4 Å². The first-order chi connectivity index (χ1) is 32.7. The average molecular weight is 862 g/mol. The summed E-state index contributed by atoms with van der Waals surface area (Å²) < 4.78 is 11.7. The van der Waals surface area contributed by atoms with Crippen LogP contribution in [0.4, 0.5) is 17.1 Å². The van der Waals surface area contributed by atoms with E-state index in [0.717, 1.165) is 84.3 Å². The van der Waals surface area contributed by atoms with E-state index in [4.69, 9.17) is 14.7 Å². The summed E-state index contributed by atoms with van der Waals surface area (Å²) in [6.07, 6.45) is 3.91. The van der Waals surface area contributed by atoms with E-state index in [9.17, 15) is 0 Å². The standard InChI is InChI=1S/C59H35N5OS/c1-5-19-47-39(14-1)40-15-2-6-20-48(40)64(47)38-34-46-58(61-35-38)57-44(18-13-31-60-57)59(46)43-17-4-10-24-53(43)65-54-30-28-37(33-45(54)59)62-49-21-7-3-16-41(49)42-32-36(27-29-50(42)62)63-51-22-8-11-25-55(51)66-56-26-12-9-23-52(56)63/h1-35H. The fraction of sp³-hybridized carbons (Fsp3) is 0.0169. The molecule has 4 aromatic heterocycles. The third-order valence-corrected chi connectivity index (χ3v) is 15.2. The Morgan fingerprint density at radius 1 is 0.394 bits per heavy atom. The summed E-state index contributed by atoms with van der Waals surface area (Å²) in [5.41, 5.74) is 15.3. The molecule has 0 amide bonds. The maximum Gasteiger partial charge on any atom is 0.132 e. The molecule has 0 bridgehead atoms. The zero-order valence-electron chi connectivity index (χ0n) is 35.3. The number of pyridine rings is 2. The van der Waals surface area contributed by atoms with Gasteiger partial charge in [0.25, 0.3) is 0 Å². The molecule has 1 spiro atoms. The van der Waals surface area contributed by atoms with Crippen molar-refractivity contribution in [1.82, 2.24) is 19.1 Å². The number of hydrogen-bond donors (Lipinski definition) is 0. The number of benzene rings is 8. The molecule has 0 N–H and O–H groups in total. The maximum absolute atomic E-state index is 6.94. The first kappa shape index (κ1) is 36.0. The summed E-state index contributed by atoms with van der Waals surface area (Å²) in [5, 5.41) is 4.80. The Kier molecular flexibility index (Phi) is 7.27. The van der Waals surface area contributed by atoms with E-state index in [2.05, 4.69) is 214 Å². The van der Waals surface area contributed by atoms with Crippen LogP contribution in [-0.2, 0) is 5.41 Å². The second kappa shape index (κ2) is 13.3. The Bertz CT molecular complexity index is 3960. The third-order valence-electron chi connectivity index (χ3n) is 14.0. The quantitative estimate of drug-likeness (QED) is 0.177. The lowest BCUT2D eigenvalue weighted by molar-refractivity contribution is 0.436. The first-order valence-corrected chi connectivity index (χ1v) is 23.1. The molecule has 2 aliphatic heterocycles. The minimum absolute atomic E-state index is 0.792. The average Bonchev–Trinajstić information content (AvgIpc) is 3.99. The Labute approximate surface area is 383 Å². The monoisotopic (exact) mass is 861 g/mol. The van der Waals surface area contributed by atoms with Gasteiger partial charge >= 0.3 is 0 Å². The number of aromatic nitrogens is 4. The van der Waals surface area contributed by atoms with Gasteiger partial charge in [0, 0.05) is 65.6 Å². The maximum atomic E-state index is 6.94. The smallest absolute Gasteiger partial charge is 0.132 e. The molecular weight excluding hydrogens is 827 g/mol. The van der Waals surface area contributed by atoms with Gasteiger partial charge in [-0.3, -0.25) is 9.97 Å². The second-order valence-corrected chi connectivity index (χ2v) is 18.4. The van der Waals surface area contributed by atoms with Gasteiger partial charge in [0.05, 0.1) is 62.1 Å². The van der Waals surface area contributed by atoms with E-state index < -0.39 is 5.41 Å². The summed E-state index contributed by atoms with van der Waals surface area (Å²) in [4.78, 5) is 15.4. The molecule has 0 fully saturated rings. The van der Waals surface area contributed by atoms with Crippen molar-refractivity contribution in [2.45, 2.75) is 15.2 Å². The summed E-state index contributed by atoms with van der Waals surface area (Å²) in [7, 11) is 0. The summed E-state index contributed by atoms with van der Waals surface area (Å²) >= 11 is 1.83. The normalized spacial score (nSPS) is 15.4.